The van der Waals surface area contributed by atoms with E-state index in [4.69, 9.17) is 4.74 Å². The third-order valence-corrected chi connectivity index (χ3v) is 6.13. The average Bonchev–Trinajstić information content (AvgIpc) is 3.20. The van der Waals surface area contributed by atoms with E-state index in [1.54, 1.807) is 43.0 Å². The SMILES string of the molecule is COc1cccc(NC(=O)CSc2nnc([C@@H](NC(=O)c3cccc([N+](=O)[O-])c3)C(C)C)n2C)c1. The average molecular weight is 499 g/mol. The summed E-state index contributed by atoms with van der Waals surface area (Å²) in [5, 5.41) is 25.7. The smallest absolute Gasteiger partial charge is 0.270 e. The number of hydrogen-bond donors (Lipinski definition) is 2. The van der Waals surface area contributed by atoms with Crippen LogP contribution >= 0.6 is 11.8 Å². The van der Waals surface area contributed by atoms with Crippen molar-refractivity contribution < 1.29 is 19.2 Å². The first-order valence-electron chi connectivity index (χ1n) is 10.7. The van der Waals surface area contributed by atoms with Gasteiger partial charge in [0.05, 0.1) is 23.8 Å². The lowest BCUT2D eigenvalue weighted by molar-refractivity contribution is -0.384. The molecule has 0 aliphatic heterocycles. The number of nitro groups is 1. The molecule has 0 aliphatic carbocycles. The topological polar surface area (TPSA) is 141 Å². The molecule has 2 amide bonds. The van der Waals surface area contributed by atoms with Gasteiger partial charge < -0.3 is 19.9 Å². The first-order valence-corrected chi connectivity index (χ1v) is 11.7. The van der Waals surface area contributed by atoms with E-state index in [1.165, 1.54) is 36.0 Å². The minimum absolute atomic E-state index is 0.0465. The van der Waals surface area contributed by atoms with E-state index in [0.29, 0.717) is 22.4 Å². The number of non-ortho nitro benzene ring substituents is 1. The van der Waals surface area contributed by atoms with Gasteiger partial charge in [0, 0.05) is 36.5 Å². The minimum Gasteiger partial charge on any atom is -0.497 e. The van der Waals surface area contributed by atoms with Crippen LogP contribution in [0.15, 0.2) is 53.7 Å². The molecule has 1 heterocycles. The Labute approximate surface area is 206 Å². The molecule has 3 rings (SSSR count). The van der Waals surface area contributed by atoms with Gasteiger partial charge in [0.25, 0.3) is 11.6 Å². The fourth-order valence-corrected chi connectivity index (χ4v) is 3.98. The Kier molecular flexibility index (Phi) is 8.42. The molecule has 35 heavy (non-hydrogen) atoms. The number of nitrogens with one attached hydrogen (secondary N) is 2. The van der Waals surface area contributed by atoms with Gasteiger partial charge in [-0.2, -0.15) is 0 Å². The van der Waals surface area contributed by atoms with Gasteiger partial charge >= 0.3 is 0 Å². The number of aromatic nitrogens is 3. The lowest BCUT2D eigenvalue weighted by Crippen LogP contribution is -2.33. The highest BCUT2D eigenvalue weighted by atomic mass is 32.2. The molecule has 1 atom stereocenters. The van der Waals surface area contributed by atoms with Crippen LogP contribution in [-0.2, 0) is 11.8 Å². The highest BCUT2D eigenvalue weighted by molar-refractivity contribution is 7.99. The summed E-state index contributed by atoms with van der Waals surface area (Å²) in [5.41, 5.74) is 0.636. The van der Waals surface area contributed by atoms with Crippen molar-refractivity contribution in [2.24, 2.45) is 13.0 Å². The van der Waals surface area contributed by atoms with E-state index in [2.05, 4.69) is 20.8 Å². The summed E-state index contributed by atoms with van der Waals surface area (Å²) >= 11 is 1.21. The number of anilines is 1. The Balaban J connectivity index is 1.67. The molecular weight excluding hydrogens is 472 g/mol. The Morgan fingerprint density at radius 1 is 1.17 bits per heavy atom. The number of methoxy groups -OCH3 is 1. The Hall–Kier alpha value is -3.93. The number of carbonyl (C=O) groups is 2. The number of ether oxygens (including phenoxy) is 1. The third-order valence-electron chi connectivity index (χ3n) is 5.11. The lowest BCUT2D eigenvalue weighted by atomic mass is 10.0. The largest absolute Gasteiger partial charge is 0.497 e. The molecule has 11 nitrogen and oxygen atoms in total. The molecule has 0 aliphatic rings. The van der Waals surface area contributed by atoms with Crippen molar-refractivity contribution in [1.82, 2.24) is 20.1 Å². The minimum atomic E-state index is -0.548. The van der Waals surface area contributed by atoms with E-state index < -0.39 is 16.9 Å². The second-order valence-corrected chi connectivity index (χ2v) is 8.91. The molecular formula is C23H26N6O5S. The van der Waals surface area contributed by atoms with E-state index in [1.807, 2.05) is 13.8 Å². The van der Waals surface area contributed by atoms with Crippen LogP contribution in [0.4, 0.5) is 11.4 Å². The maximum absolute atomic E-state index is 12.8. The first kappa shape index (κ1) is 25.7. The van der Waals surface area contributed by atoms with Crippen LogP contribution in [0.5, 0.6) is 5.75 Å². The molecule has 0 bridgehead atoms. The molecule has 0 fully saturated rings. The summed E-state index contributed by atoms with van der Waals surface area (Å²) in [6, 6.07) is 12.1. The van der Waals surface area contributed by atoms with Crippen molar-refractivity contribution >= 4 is 35.0 Å². The third kappa shape index (κ3) is 6.57. The highest BCUT2D eigenvalue weighted by Crippen LogP contribution is 2.25. The van der Waals surface area contributed by atoms with Crippen molar-refractivity contribution in [2.45, 2.75) is 25.0 Å². The zero-order valence-corrected chi connectivity index (χ0v) is 20.5. The molecule has 0 spiro atoms. The highest BCUT2D eigenvalue weighted by Gasteiger charge is 2.26. The molecule has 3 aromatic rings. The molecule has 12 heteroatoms. The molecule has 1 aromatic heterocycles. The Morgan fingerprint density at radius 3 is 2.60 bits per heavy atom. The molecule has 0 unspecified atom stereocenters. The van der Waals surface area contributed by atoms with Crippen molar-refractivity contribution in [3.8, 4) is 5.75 Å². The van der Waals surface area contributed by atoms with Gasteiger partial charge in [-0.3, -0.25) is 19.7 Å². The van der Waals surface area contributed by atoms with Gasteiger partial charge in [0.1, 0.15) is 5.75 Å². The zero-order valence-electron chi connectivity index (χ0n) is 19.7. The van der Waals surface area contributed by atoms with E-state index in [-0.39, 0.29) is 28.8 Å². The molecule has 0 saturated heterocycles. The Bertz CT molecular complexity index is 1230. The predicted molar refractivity (Wildman–Crippen MR) is 131 cm³/mol. The first-order chi connectivity index (χ1) is 16.7. The number of rotatable bonds is 10. The van der Waals surface area contributed by atoms with Crippen LogP contribution in [0.1, 0.15) is 36.1 Å². The molecule has 2 N–H and O–H groups in total. The quantitative estimate of drug-likeness (QED) is 0.245. The summed E-state index contributed by atoms with van der Waals surface area (Å²) in [6.07, 6.45) is 0. The van der Waals surface area contributed by atoms with Crippen molar-refractivity contribution in [3.63, 3.8) is 0 Å². The van der Waals surface area contributed by atoms with Gasteiger partial charge in [0.15, 0.2) is 11.0 Å². The maximum Gasteiger partial charge on any atom is 0.270 e. The van der Waals surface area contributed by atoms with Crippen LogP contribution in [-0.4, -0.2) is 44.4 Å². The van der Waals surface area contributed by atoms with E-state index >= 15 is 0 Å². The number of nitro benzene ring substituents is 1. The summed E-state index contributed by atoms with van der Waals surface area (Å²) < 4.78 is 6.88. The predicted octanol–water partition coefficient (Wildman–Crippen LogP) is 3.59. The van der Waals surface area contributed by atoms with Crippen LogP contribution < -0.4 is 15.4 Å². The second kappa shape index (κ2) is 11.5. The van der Waals surface area contributed by atoms with Gasteiger partial charge in [-0.25, -0.2) is 0 Å². The van der Waals surface area contributed by atoms with Gasteiger partial charge in [0.2, 0.25) is 5.91 Å². The number of benzene rings is 2. The van der Waals surface area contributed by atoms with Crippen LogP contribution in [0, 0.1) is 16.0 Å². The summed E-state index contributed by atoms with van der Waals surface area (Å²) in [4.78, 5) is 35.7. The van der Waals surface area contributed by atoms with Crippen LogP contribution in [0.3, 0.4) is 0 Å². The summed E-state index contributed by atoms with van der Waals surface area (Å²) in [7, 11) is 3.31. The van der Waals surface area contributed by atoms with Crippen LogP contribution in [0.25, 0.3) is 0 Å². The number of thioether (sulfide) groups is 1. The van der Waals surface area contributed by atoms with Crippen LogP contribution in [0.2, 0.25) is 0 Å². The molecule has 0 radical (unpaired) electrons. The zero-order chi connectivity index (χ0) is 25.5. The van der Waals surface area contributed by atoms with Crippen molar-refractivity contribution in [2.75, 3.05) is 18.2 Å². The number of amides is 2. The van der Waals surface area contributed by atoms with Gasteiger partial charge in [-0.1, -0.05) is 37.7 Å². The van der Waals surface area contributed by atoms with Gasteiger partial charge in [-0.15, -0.1) is 10.2 Å². The second-order valence-electron chi connectivity index (χ2n) is 7.97. The molecule has 184 valence electrons. The van der Waals surface area contributed by atoms with E-state index in [9.17, 15) is 19.7 Å². The molecule has 2 aromatic carbocycles. The Morgan fingerprint density at radius 2 is 1.91 bits per heavy atom. The van der Waals surface area contributed by atoms with Crippen molar-refractivity contribution in [3.05, 3.63) is 70.0 Å². The van der Waals surface area contributed by atoms with Gasteiger partial charge in [-0.05, 0) is 24.1 Å². The fraction of sp³-hybridized carbons (Fsp3) is 0.304. The summed E-state index contributed by atoms with van der Waals surface area (Å²) in [5.74, 6) is 0.536. The van der Waals surface area contributed by atoms with E-state index in [0.717, 1.165) is 0 Å². The normalized spacial score (nSPS) is 11.7. The number of hydrogen-bond acceptors (Lipinski definition) is 8. The number of nitrogens with zero attached hydrogens (tertiary/aromatic N) is 4. The summed E-state index contributed by atoms with van der Waals surface area (Å²) in [6.45, 7) is 3.84. The fourth-order valence-electron chi connectivity index (χ4n) is 3.27. The number of carbonyl (C=O) groups excluding carboxylic acids is 2. The monoisotopic (exact) mass is 498 g/mol. The molecule has 0 saturated carbocycles. The lowest BCUT2D eigenvalue weighted by Gasteiger charge is -2.21. The maximum atomic E-state index is 12.8. The van der Waals surface area contributed by atoms with Crippen molar-refractivity contribution in [1.29, 1.82) is 0 Å². The standard InChI is InChI=1S/C23H26N6O5S/c1-14(2)20(25-22(31)15-7-5-9-17(11-15)29(32)33)21-26-27-23(28(21)3)35-13-19(30)24-16-8-6-10-18(12-16)34-4/h5-12,14,20H,13H2,1-4H3,(H,24,30)(H,25,31)/t20-/m0/s1.